The average Bonchev–Trinajstić information content (AvgIpc) is 3.04. The van der Waals surface area contributed by atoms with Crippen molar-refractivity contribution in [1.29, 1.82) is 0 Å². The van der Waals surface area contributed by atoms with E-state index in [-0.39, 0.29) is 18.2 Å². The van der Waals surface area contributed by atoms with Gasteiger partial charge in [0.25, 0.3) is 0 Å². The van der Waals surface area contributed by atoms with Gasteiger partial charge in [-0.2, -0.15) is 0 Å². The Morgan fingerprint density at radius 2 is 1.75 bits per heavy atom. The molecule has 1 saturated heterocycles. The highest BCUT2D eigenvalue weighted by atomic mass is 16.5. The summed E-state index contributed by atoms with van der Waals surface area (Å²) < 4.78 is 4.95. The third-order valence-corrected chi connectivity index (χ3v) is 4.87. The van der Waals surface area contributed by atoms with E-state index in [1.165, 1.54) is 0 Å². The van der Waals surface area contributed by atoms with Crippen LogP contribution >= 0.6 is 0 Å². The van der Waals surface area contributed by atoms with Crippen molar-refractivity contribution in [2.24, 2.45) is 5.92 Å². The Morgan fingerprint density at radius 3 is 2.36 bits per heavy atom. The summed E-state index contributed by atoms with van der Waals surface area (Å²) in [6.45, 7) is 6.35. The zero-order valence-electron chi connectivity index (χ0n) is 16.3. The summed E-state index contributed by atoms with van der Waals surface area (Å²) in [5.41, 5.74) is 3.93. The molecule has 0 saturated carbocycles. The number of nitrogens with one attached hydrogen (secondary N) is 1. The van der Waals surface area contributed by atoms with E-state index in [2.05, 4.69) is 5.32 Å². The highest BCUT2D eigenvalue weighted by molar-refractivity contribution is 6.04. The summed E-state index contributed by atoms with van der Waals surface area (Å²) in [6.07, 6.45) is 0.181. The second-order valence-electron chi connectivity index (χ2n) is 6.93. The van der Waals surface area contributed by atoms with E-state index in [9.17, 15) is 14.4 Å². The second kappa shape index (κ2) is 8.25. The van der Waals surface area contributed by atoms with E-state index in [1.807, 2.05) is 32.0 Å². The molecule has 2 aromatic carbocycles. The lowest BCUT2D eigenvalue weighted by atomic mass is 10.1. The predicted molar refractivity (Wildman–Crippen MR) is 107 cm³/mol. The molecule has 1 aliphatic rings. The minimum absolute atomic E-state index is 0.0461. The molecule has 146 valence electrons. The molecule has 0 bridgehead atoms. The van der Waals surface area contributed by atoms with Crippen LogP contribution < -0.4 is 10.2 Å². The first-order valence-electron chi connectivity index (χ1n) is 9.35. The average molecular weight is 380 g/mol. The molecular weight excluding hydrogens is 356 g/mol. The number of hydrogen-bond donors (Lipinski definition) is 1. The van der Waals surface area contributed by atoms with Gasteiger partial charge in [-0.15, -0.1) is 0 Å². The van der Waals surface area contributed by atoms with Crippen LogP contribution in [0.3, 0.4) is 0 Å². The number of benzene rings is 2. The van der Waals surface area contributed by atoms with Gasteiger partial charge in [-0.05, 0) is 56.2 Å². The minimum Gasteiger partial charge on any atom is -0.462 e. The van der Waals surface area contributed by atoms with E-state index < -0.39 is 11.9 Å². The quantitative estimate of drug-likeness (QED) is 0.806. The van der Waals surface area contributed by atoms with Crippen LogP contribution in [0.5, 0.6) is 0 Å². The molecule has 1 fully saturated rings. The van der Waals surface area contributed by atoms with Crippen molar-refractivity contribution < 1.29 is 19.1 Å². The SMILES string of the molecule is CCOC(=O)c1ccc(NC(=O)C2CC(=O)N(c3c(C)cccc3C)C2)cc1. The molecule has 6 heteroatoms. The van der Waals surface area contributed by atoms with Crippen molar-refractivity contribution in [2.45, 2.75) is 27.2 Å². The van der Waals surface area contributed by atoms with Gasteiger partial charge in [0.2, 0.25) is 11.8 Å². The molecule has 0 radical (unpaired) electrons. The molecule has 1 N–H and O–H groups in total. The van der Waals surface area contributed by atoms with Crippen LogP contribution in [0, 0.1) is 19.8 Å². The standard InChI is InChI=1S/C22H24N2O4/c1-4-28-22(27)16-8-10-18(11-9-16)23-21(26)17-12-19(25)24(13-17)20-14(2)6-5-7-15(20)3/h5-11,17H,4,12-13H2,1-3H3,(H,23,26). The molecule has 1 heterocycles. The Kier molecular flexibility index (Phi) is 5.78. The molecule has 2 aromatic rings. The third-order valence-electron chi connectivity index (χ3n) is 4.87. The molecule has 1 aliphatic heterocycles. The summed E-state index contributed by atoms with van der Waals surface area (Å²) in [4.78, 5) is 38.6. The Labute approximate surface area is 164 Å². The van der Waals surface area contributed by atoms with Crippen molar-refractivity contribution in [2.75, 3.05) is 23.4 Å². The maximum Gasteiger partial charge on any atom is 0.338 e. The second-order valence-corrected chi connectivity index (χ2v) is 6.93. The molecule has 3 rings (SSSR count). The van der Waals surface area contributed by atoms with Gasteiger partial charge in [0.15, 0.2) is 0 Å². The predicted octanol–water partition coefficient (Wildman–Crippen LogP) is 3.47. The molecule has 2 amide bonds. The molecule has 0 aliphatic carbocycles. The van der Waals surface area contributed by atoms with Crippen LogP contribution in [0.2, 0.25) is 0 Å². The maximum atomic E-state index is 12.6. The lowest BCUT2D eigenvalue weighted by Gasteiger charge is -2.21. The largest absolute Gasteiger partial charge is 0.462 e. The van der Waals surface area contributed by atoms with Gasteiger partial charge in [-0.3, -0.25) is 9.59 Å². The van der Waals surface area contributed by atoms with E-state index in [1.54, 1.807) is 36.1 Å². The molecule has 1 unspecified atom stereocenters. The monoisotopic (exact) mass is 380 g/mol. The van der Waals surface area contributed by atoms with Crippen molar-refractivity contribution in [3.05, 3.63) is 59.2 Å². The van der Waals surface area contributed by atoms with Gasteiger partial charge >= 0.3 is 5.97 Å². The fourth-order valence-electron chi connectivity index (χ4n) is 3.48. The van der Waals surface area contributed by atoms with Gasteiger partial charge in [0, 0.05) is 24.3 Å². The fraction of sp³-hybridized carbons (Fsp3) is 0.318. The number of ether oxygens (including phenoxy) is 1. The van der Waals surface area contributed by atoms with E-state index in [4.69, 9.17) is 4.74 Å². The van der Waals surface area contributed by atoms with E-state index >= 15 is 0 Å². The van der Waals surface area contributed by atoms with Crippen LogP contribution in [-0.2, 0) is 14.3 Å². The van der Waals surface area contributed by atoms with Crippen molar-refractivity contribution >= 4 is 29.2 Å². The van der Waals surface area contributed by atoms with Crippen LogP contribution in [0.1, 0.15) is 34.8 Å². The number of para-hydroxylation sites is 1. The Bertz CT molecular complexity index is 885. The summed E-state index contributed by atoms with van der Waals surface area (Å²) in [7, 11) is 0. The maximum absolute atomic E-state index is 12.6. The summed E-state index contributed by atoms with van der Waals surface area (Å²) >= 11 is 0. The molecule has 0 spiro atoms. The summed E-state index contributed by atoms with van der Waals surface area (Å²) in [6, 6.07) is 12.4. The molecular formula is C22H24N2O4. The number of hydrogen-bond acceptors (Lipinski definition) is 4. The van der Waals surface area contributed by atoms with Crippen LogP contribution in [0.4, 0.5) is 11.4 Å². The first-order valence-corrected chi connectivity index (χ1v) is 9.35. The number of aryl methyl sites for hydroxylation is 2. The molecule has 6 nitrogen and oxygen atoms in total. The third kappa shape index (κ3) is 4.06. The van der Waals surface area contributed by atoms with Crippen molar-refractivity contribution in [3.8, 4) is 0 Å². The normalized spacial score (nSPS) is 16.2. The van der Waals surface area contributed by atoms with Crippen molar-refractivity contribution in [1.82, 2.24) is 0 Å². The number of carbonyl (C=O) groups is 3. The van der Waals surface area contributed by atoms with Gasteiger partial charge in [0.1, 0.15) is 0 Å². The number of anilines is 2. The molecule has 0 aromatic heterocycles. The van der Waals surface area contributed by atoms with Gasteiger partial charge < -0.3 is 15.0 Å². The summed E-state index contributed by atoms with van der Waals surface area (Å²) in [5.74, 6) is -1.07. The molecule has 1 atom stereocenters. The number of rotatable bonds is 5. The van der Waals surface area contributed by atoms with Crippen LogP contribution in [0.15, 0.2) is 42.5 Å². The Balaban J connectivity index is 1.67. The van der Waals surface area contributed by atoms with Crippen molar-refractivity contribution in [3.63, 3.8) is 0 Å². The first-order chi connectivity index (χ1) is 13.4. The lowest BCUT2D eigenvalue weighted by molar-refractivity contribution is -0.122. The van der Waals surface area contributed by atoms with E-state index in [0.29, 0.717) is 24.4 Å². The van der Waals surface area contributed by atoms with Gasteiger partial charge in [0.05, 0.1) is 18.1 Å². The Morgan fingerprint density at radius 1 is 1.11 bits per heavy atom. The Hall–Kier alpha value is -3.15. The number of nitrogens with zero attached hydrogens (tertiary/aromatic N) is 1. The lowest BCUT2D eigenvalue weighted by Crippen LogP contribution is -2.29. The van der Waals surface area contributed by atoms with Gasteiger partial charge in [-0.25, -0.2) is 4.79 Å². The topological polar surface area (TPSA) is 75.7 Å². The summed E-state index contributed by atoms with van der Waals surface area (Å²) in [5, 5.41) is 2.83. The van der Waals surface area contributed by atoms with Crippen LogP contribution in [-0.4, -0.2) is 30.9 Å². The number of amides is 2. The first kappa shape index (κ1) is 19.6. The van der Waals surface area contributed by atoms with E-state index in [0.717, 1.165) is 16.8 Å². The van der Waals surface area contributed by atoms with Crippen LogP contribution in [0.25, 0.3) is 0 Å². The fourth-order valence-corrected chi connectivity index (χ4v) is 3.48. The smallest absolute Gasteiger partial charge is 0.338 e. The highest BCUT2D eigenvalue weighted by Gasteiger charge is 2.36. The zero-order chi connectivity index (χ0) is 20.3. The minimum atomic E-state index is -0.420. The van der Waals surface area contributed by atoms with Gasteiger partial charge in [-0.1, -0.05) is 18.2 Å². The number of carbonyl (C=O) groups excluding carboxylic acids is 3. The molecule has 28 heavy (non-hydrogen) atoms. The number of esters is 1. The highest BCUT2D eigenvalue weighted by Crippen LogP contribution is 2.31. The zero-order valence-corrected chi connectivity index (χ0v) is 16.3.